The number of hydrogen-bond acceptors (Lipinski definition) is 16. The lowest BCUT2D eigenvalue weighted by Gasteiger charge is -2.16. The molecule has 1 unspecified atom stereocenters. The number of carbonyl (C=O) groups is 6. The maximum absolute atomic E-state index is 14.8. The fourth-order valence-electron chi connectivity index (χ4n) is 6.13. The molecule has 4 heterocycles. The van der Waals surface area contributed by atoms with Gasteiger partial charge in [-0.3, -0.25) is 42.8 Å². The van der Waals surface area contributed by atoms with Crippen LogP contribution in [0.15, 0.2) is 72.7 Å². The van der Waals surface area contributed by atoms with Crippen LogP contribution < -0.4 is 33.1 Å². The lowest BCUT2D eigenvalue weighted by atomic mass is 10.2. The third-order valence-corrected chi connectivity index (χ3v) is 11.5. The fourth-order valence-corrected chi connectivity index (χ4v) is 7.84. The van der Waals surface area contributed by atoms with Crippen LogP contribution in [0.2, 0.25) is 10.0 Å². The van der Waals surface area contributed by atoms with Crippen LogP contribution in [0.5, 0.6) is 0 Å². The Morgan fingerprint density at radius 2 is 1.23 bits per heavy atom. The normalized spacial score (nSPS) is 14.4. The second-order valence-corrected chi connectivity index (χ2v) is 17.0. The van der Waals surface area contributed by atoms with Gasteiger partial charge >= 0.3 is 53.6 Å². The third kappa shape index (κ3) is 16.2. The topological polar surface area (TPSA) is 278 Å². The number of anilines is 1. The lowest BCUT2D eigenvalue weighted by Crippen LogP contribution is -2.41. The summed E-state index contributed by atoms with van der Waals surface area (Å²) in [6.07, 6.45) is -8.46. The molecule has 2 aliphatic heterocycles. The van der Waals surface area contributed by atoms with Gasteiger partial charge in [0, 0.05) is 38.4 Å². The molecule has 3 N–H and O–H groups in total. The first-order chi connectivity index (χ1) is 35.3. The minimum absolute atomic E-state index is 0. The Labute approximate surface area is 445 Å². The number of carboxylic acids is 1. The SMILES string of the molecule is C.CCOC(=O)CN1C(=O)C(CC(=O)O)SC1=Nc1cc(-n2c(=O)cc(C(F)(F)F)n(C)c2=O)c(F)cc1Cl.CCOC(=O)CNC(=S)Nc1cc(-n2c(=O)cc(C(F)(F)F)n(C)c2=O)c(F)cc1Cl.O=C1C=CC(=O)O1. The fraction of sp³-hybridized carbons (Fsp3) is 0.302. The Bertz CT molecular complexity index is 3330. The monoisotopic (exact) mass is 1180 g/mol. The summed E-state index contributed by atoms with van der Waals surface area (Å²) in [5.41, 5.74) is -10.7. The van der Waals surface area contributed by atoms with Gasteiger partial charge in [0.25, 0.3) is 11.1 Å². The minimum atomic E-state index is -5.04. The van der Waals surface area contributed by atoms with Crippen molar-refractivity contribution in [2.45, 2.75) is 45.3 Å². The number of esters is 4. The number of rotatable bonds is 12. The van der Waals surface area contributed by atoms with Gasteiger partial charge in [0.2, 0.25) is 5.91 Å². The van der Waals surface area contributed by atoms with E-state index in [1.807, 2.05) is 0 Å². The van der Waals surface area contributed by atoms with Crippen LogP contribution in [0, 0.1) is 11.6 Å². The average molecular weight is 1180 g/mol. The van der Waals surface area contributed by atoms with Gasteiger partial charge in [-0.15, -0.1) is 0 Å². The van der Waals surface area contributed by atoms with Crippen molar-refractivity contribution in [1.82, 2.24) is 28.5 Å². The third-order valence-electron chi connectivity index (χ3n) is 9.45. The number of alkyl halides is 6. The number of carbonyl (C=O) groups excluding carboxylic acids is 5. The van der Waals surface area contributed by atoms with Crippen LogP contribution in [-0.2, 0) is 69.4 Å². The number of carboxylic acid groups (broad SMARTS) is 1. The molecular weight excluding hydrogens is 1140 g/mol. The number of amidine groups is 1. The molecule has 0 saturated carbocycles. The van der Waals surface area contributed by atoms with Crippen molar-refractivity contribution in [2.24, 2.45) is 19.1 Å². The maximum Gasteiger partial charge on any atom is 0.431 e. The molecule has 1 saturated heterocycles. The van der Waals surface area contributed by atoms with Crippen molar-refractivity contribution < 1.29 is 83.2 Å². The summed E-state index contributed by atoms with van der Waals surface area (Å²) in [6.45, 7) is 2.35. The van der Waals surface area contributed by atoms with Crippen molar-refractivity contribution in [3.8, 4) is 11.4 Å². The van der Waals surface area contributed by atoms with Gasteiger partial charge in [-0.1, -0.05) is 42.4 Å². The highest BCUT2D eigenvalue weighted by Crippen LogP contribution is 2.36. The Hall–Kier alpha value is -7.71. The molecule has 22 nitrogen and oxygen atoms in total. The van der Waals surface area contributed by atoms with E-state index in [0.29, 0.717) is 17.8 Å². The Kier molecular flexibility index (Phi) is 21.8. The van der Waals surface area contributed by atoms with Gasteiger partial charge in [0.1, 0.15) is 41.4 Å². The molecule has 1 amide bonds. The van der Waals surface area contributed by atoms with E-state index >= 15 is 0 Å². The Balaban J connectivity index is 0.000000360. The zero-order valence-corrected chi connectivity index (χ0v) is 41.9. The molecule has 0 bridgehead atoms. The van der Waals surface area contributed by atoms with Gasteiger partial charge in [0.15, 0.2) is 10.3 Å². The van der Waals surface area contributed by atoms with Crippen LogP contribution in [0.4, 0.5) is 46.5 Å². The highest BCUT2D eigenvalue weighted by Gasteiger charge is 2.41. The van der Waals surface area contributed by atoms with Crippen molar-refractivity contribution in [3.63, 3.8) is 0 Å². The summed E-state index contributed by atoms with van der Waals surface area (Å²) in [5, 5.41) is 12.0. The first kappa shape index (κ1) is 63.6. The van der Waals surface area contributed by atoms with Gasteiger partial charge < -0.3 is 30.0 Å². The number of cyclic esters (lactones) is 2. The van der Waals surface area contributed by atoms with E-state index in [1.165, 1.54) is 6.92 Å². The minimum Gasteiger partial charge on any atom is -0.481 e. The number of aromatic nitrogens is 4. The number of nitrogens with one attached hydrogen (secondary N) is 2. The van der Waals surface area contributed by atoms with E-state index in [4.69, 9.17) is 50.0 Å². The molecule has 6 rings (SSSR count). The van der Waals surface area contributed by atoms with Crippen LogP contribution >= 0.6 is 47.2 Å². The number of amides is 1. The molecule has 77 heavy (non-hydrogen) atoms. The van der Waals surface area contributed by atoms with Gasteiger partial charge in [-0.25, -0.2) is 42.1 Å². The van der Waals surface area contributed by atoms with E-state index in [-0.39, 0.29) is 89.3 Å². The Morgan fingerprint density at radius 1 is 0.766 bits per heavy atom. The molecule has 2 aromatic carbocycles. The standard InChI is InChI=1S/C21H17ClF4N4O7S.C17H15ClF4N4O4S.C4H2O3.CH4/c1-3-37-17(34)8-29-18(35)13(6-16(32)33)38-19(29)27-11-5-12(10(23)4-9(11)22)30-15(31)7-14(21(24,25)26)28(2)20(30)36;1-3-30-14(28)7-23-15(31)24-10-5-11(9(19)4-8(10)18)26-13(27)6-12(17(20,21)22)25(2)16(26)29;5-3-1-2-4(6)7-3;/h4-5,7,13H,3,6,8H2,1-2H3,(H,32,33);4-6H,3,7H2,1-2H3,(H2,23,24,31);1-2H;1H4. The first-order valence-corrected chi connectivity index (χ1v) is 22.7. The van der Waals surface area contributed by atoms with E-state index in [0.717, 1.165) is 49.3 Å². The molecular formula is C43H38Cl2F8N8O14S2. The number of nitrogens with zero attached hydrogens (tertiary/aromatic N) is 6. The lowest BCUT2D eigenvalue weighted by molar-refractivity contribution is -0.150. The second kappa shape index (κ2) is 26.4. The predicted octanol–water partition coefficient (Wildman–Crippen LogP) is 4.78. The number of hydrogen-bond donors (Lipinski definition) is 3. The summed E-state index contributed by atoms with van der Waals surface area (Å²) >= 11 is 17.6. The molecule has 2 aromatic heterocycles. The summed E-state index contributed by atoms with van der Waals surface area (Å²) < 4.78 is 122. The largest absolute Gasteiger partial charge is 0.481 e. The number of aliphatic imine (C=N–C) groups is 1. The van der Waals surface area contributed by atoms with Crippen LogP contribution in [-0.4, -0.2) is 106 Å². The maximum atomic E-state index is 14.8. The summed E-state index contributed by atoms with van der Waals surface area (Å²) in [6, 6.07) is 3.39. The van der Waals surface area contributed by atoms with E-state index in [2.05, 4.69) is 20.4 Å². The number of benzene rings is 2. The van der Waals surface area contributed by atoms with E-state index < -0.39 is 123 Å². The first-order valence-electron chi connectivity index (χ1n) is 20.7. The molecule has 0 spiro atoms. The smallest absolute Gasteiger partial charge is 0.431 e. The summed E-state index contributed by atoms with van der Waals surface area (Å²) in [5.74, 6) is -7.08. The van der Waals surface area contributed by atoms with E-state index in [1.54, 1.807) is 6.92 Å². The zero-order chi connectivity index (χ0) is 57.3. The molecule has 1 atom stereocenters. The summed E-state index contributed by atoms with van der Waals surface area (Å²) in [4.78, 5) is 122. The molecule has 0 aliphatic carbocycles. The molecule has 1 fully saturated rings. The summed E-state index contributed by atoms with van der Waals surface area (Å²) in [7, 11) is 1.54. The van der Waals surface area contributed by atoms with Crippen LogP contribution in [0.25, 0.3) is 11.4 Å². The van der Waals surface area contributed by atoms with E-state index in [9.17, 15) is 83.1 Å². The molecule has 0 radical (unpaired) electrons. The number of thiocarbonyl (C=S) groups is 1. The van der Waals surface area contributed by atoms with Gasteiger partial charge in [-0.2, -0.15) is 26.3 Å². The second-order valence-electron chi connectivity index (χ2n) is 14.6. The number of ether oxygens (including phenoxy) is 3. The zero-order valence-electron chi connectivity index (χ0n) is 38.8. The van der Waals surface area contributed by atoms with Crippen molar-refractivity contribution in [2.75, 3.05) is 31.6 Å². The highest BCUT2D eigenvalue weighted by molar-refractivity contribution is 8.15. The molecule has 416 valence electrons. The highest BCUT2D eigenvalue weighted by atomic mass is 35.5. The van der Waals surface area contributed by atoms with Crippen molar-refractivity contribution in [3.05, 3.63) is 123 Å². The van der Waals surface area contributed by atoms with Crippen LogP contribution in [0.1, 0.15) is 39.1 Å². The van der Waals surface area contributed by atoms with Crippen molar-refractivity contribution in [1.29, 1.82) is 0 Å². The average Bonchev–Trinajstić information content (AvgIpc) is 3.83. The number of halogens is 10. The Morgan fingerprint density at radius 3 is 1.68 bits per heavy atom. The molecule has 34 heteroatoms. The predicted molar refractivity (Wildman–Crippen MR) is 261 cm³/mol. The van der Waals surface area contributed by atoms with Gasteiger partial charge in [0.05, 0.1) is 52.4 Å². The van der Waals surface area contributed by atoms with Crippen molar-refractivity contribution >= 4 is 105 Å². The molecule has 4 aromatic rings. The number of thioether (sulfide) groups is 1. The number of aliphatic carboxylic acids is 1. The quantitative estimate of drug-likeness (QED) is 0.0566. The van der Waals surface area contributed by atoms with Gasteiger partial charge in [-0.05, 0) is 50.3 Å². The van der Waals surface area contributed by atoms with Crippen LogP contribution in [0.3, 0.4) is 0 Å². The molecule has 2 aliphatic rings.